The summed E-state index contributed by atoms with van der Waals surface area (Å²) in [5.74, 6) is 0.874. The van der Waals surface area contributed by atoms with Gasteiger partial charge in [0.05, 0.1) is 28.4 Å². The Kier molecular flexibility index (Phi) is 7.13. The first-order valence-corrected chi connectivity index (χ1v) is 14.6. The molecule has 3 radical (unpaired) electrons. The zero-order chi connectivity index (χ0) is 29.8. The van der Waals surface area contributed by atoms with Crippen molar-refractivity contribution in [3.05, 3.63) is 81.5 Å². The molecule has 4 aromatic rings. The van der Waals surface area contributed by atoms with Crippen LogP contribution >= 0.6 is 0 Å². The van der Waals surface area contributed by atoms with Crippen LogP contribution in [0.15, 0.2) is 47.8 Å². The number of imidazole rings is 1. The van der Waals surface area contributed by atoms with Crippen molar-refractivity contribution in [3.63, 3.8) is 0 Å². The fraction of sp³-hybridized carbons (Fsp3) is 0.467. The number of benzene rings is 1. The third-order valence-electron chi connectivity index (χ3n) is 8.66. The topological polar surface area (TPSA) is 84.2 Å². The first-order chi connectivity index (χ1) is 19.9. The van der Waals surface area contributed by atoms with E-state index in [0.717, 1.165) is 60.5 Å². The van der Waals surface area contributed by atoms with Gasteiger partial charge in [0.2, 0.25) is 0 Å². The molecule has 42 heavy (non-hydrogen) atoms. The maximum absolute atomic E-state index is 14.4. The van der Waals surface area contributed by atoms with Crippen molar-refractivity contribution < 1.29 is 13.2 Å². The lowest BCUT2D eigenvalue weighted by Crippen LogP contribution is -2.37. The molecule has 1 aromatic carbocycles. The zero-order valence-electron chi connectivity index (χ0n) is 23.5. The molecule has 12 heteroatoms. The number of aryl methyl sites for hydroxylation is 1. The van der Waals surface area contributed by atoms with E-state index in [2.05, 4.69) is 38.3 Å². The highest BCUT2D eigenvalue weighted by molar-refractivity contribution is 6.15. The van der Waals surface area contributed by atoms with Crippen molar-refractivity contribution >= 4 is 15.8 Å². The van der Waals surface area contributed by atoms with Crippen LogP contribution in [0.1, 0.15) is 73.0 Å². The number of pyridine rings is 1. The number of halogens is 3. The lowest BCUT2D eigenvalue weighted by Gasteiger charge is -2.38. The van der Waals surface area contributed by atoms with E-state index in [-0.39, 0.29) is 22.4 Å². The van der Waals surface area contributed by atoms with Crippen molar-refractivity contribution in [1.82, 2.24) is 28.6 Å². The summed E-state index contributed by atoms with van der Waals surface area (Å²) in [5, 5.41) is 18.1. The predicted octanol–water partition coefficient (Wildman–Crippen LogP) is 4.98. The van der Waals surface area contributed by atoms with E-state index in [9.17, 15) is 23.2 Å². The van der Waals surface area contributed by atoms with Gasteiger partial charge in [-0.1, -0.05) is 13.3 Å². The SMILES string of the molecule is Cn1cnnc1[C@@H](c1cc(C#N)cc(-n2cc3c(C(F)(F)F)cc(CN4CCC[C@](C)([Si])C4)cn3c2=O)c1)C1CCC1. The molecule has 0 unspecified atom stereocenters. The lowest BCUT2D eigenvalue weighted by atomic mass is 9.72. The second kappa shape index (κ2) is 10.5. The molecule has 1 aliphatic heterocycles. The quantitative estimate of drug-likeness (QED) is 0.296. The summed E-state index contributed by atoms with van der Waals surface area (Å²) in [4.78, 5) is 15.9. The number of aromatic nitrogens is 5. The largest absolute Gasteiger partial charge is 0.418 e. The molecular formula is C30H31F3N7OSi. The van der Waals surface area contributed by atoms with E-state index in [4.69, 9.17) is 0 Å². The molecule has 1 aliphatic carbocycles. The van der Waals surface area contributed by atoms with Crippen LogP contribution in [0.25, 0.3) is 11.2 Å². The van der Waals surface area contributed by atoms with Gasteiger partial charge in [0.15, 0.2) is 0 Å². The van der Waals surface area contributed by atoms with Crippen LogP contribution in [-0.2, 0) is 19.8 Å². The Morgan fingerprint density at radius 1 is 1.19 bits per heavy atom. The van der Waals surface area contributed by atoms with Gasteiger partial charge in [0.1, 0.15) is 12.2 Å². The fourth-order valence-electron chi connectivity index (χ4n) is 6.48. The molecule has 0 amide bonds. The second-order valence-corrected chi connectivity index (χ2v) is 13.3. The second-order valence-electron chi connectivity index (χ2n) is 12.1. The molecule has 0 spiro atoms. The summed E-state index contributed by atoms with van der Waals surface area (Å²) in [6.07, 6.45) is 4.68. The number of likely N-dealkylation sites (tertiary alicyclic amines) is 1. The highest BCUT2D eigenvalue weighted by Crippen LogP contribution is 2.43. The predicted molar refractivity (Wildman–Crippen MR) is 152 cm³/mol. The molecule has 0 bridgehead atoms. The number of fused-ring (bicyclic) bond motifs is 1. The third-order valence-corrected chi connectivity index (χ3v) is 9.07. The minimum absolute atomic E-state index is 0.110. The van der Waals surface area contributed by atoms with Gasteiger partial charge >= 0.3 is 11.9 Å². The maximum atomic E-state index is 14.4. The van der Waals surface area contributed by atoms with Crippen molar-refractivity contribution in [3.8, 4) is 11.8 Å². The van der Waals surface area contributed by atoms with Crippen LogP contribution in [0, 0.1) is 17.2 Å². The number of rotatable bonds is 6. The summed E-state index contributed by atoms with van der Waals surface area (Å²) in [6.45, 7) is 3.84. The van der Waals surface area contributed by atoms with Crippen molar-refractivity contribution in [2.45, 2.75) is 62.7 Å². The Balaban J connectivity index is 1.47. The van der Waals surface area contributed by atoms with Crippen molar-refractivity contribution in [2.24, 2.45) is 13.0 Å². The minimum Gasteiger partial charge on any atom is -0.320 e. The number of hydrogen-bond acceptors (Lipinski definition) is 5. The molecule has 2 atom stereocenters. The standard InChI is InChI=1S/C30H31F3N7OSi/c1-29(42)7-4-8-38(17-29)14-20-11-24(30(31,32)33)25-16-39(28(41)40(25)15-20)23-10-19(13-34)9-22(12-23)26(21-5-3-6-21)27-36-35-18-37(27)2/h9-12,15-16,18,21,26H,3-8,14,17H2,1-2H3/t26-,29+/m1/s1. The molecule has 8 nitrogen and oxygen atoms in total. The van der Waals surface area contributed by atoms with E-state index in [0.29, 0.717) is 29.9 Å². The highest BCUT2D eigenvalue weighted by Gasteiger charge is 2.36. The fourth-order valence-corrected chi connectivity index (χ4v) is 6.88. The first-order valence-electron chi connectivity index (χ1n) is 14.1. The average molecular weight is 591 g/mol. The van der Waals surface area contributed by atoms with E-state index < -0.39 is 17.4 Å². The smallest absolute Gasteiger partial charge is 0.320 e. The van der Waals surface area contributed by atoms with Gasteiger partial charge in [-0.05, 0) is 78.6 Å². The Morgan fingerprint density at radius 3 is 2.60 bits per heavy atom. The number of alkyl halides is 3. The Labute approximate surface area is 244 Å². The molecule has 1 saturated carbocycles. The monoisotopic (exact) mass is 590 g/mol. The molecule has 1 saturated heterocycles. The maximum Gasteiger partial charge on any atom is 0.418 e. The average Bonchev–Trinajstić information content (AvgIpc) is 3.47. The van der Waals surface area contributed by atoms with Gasteiger partial charge in [-0.15, -0.1) is 10.2 Å². The van der Waals surface area contributed by atoms with Gasteiger partial charge in [0.25, 0.3) is 0 Å². The molecule has 6 rings (SSSR count). The number of hydrogen-bond donors (Lipinski definition) is 0. The molecule has 2 fully saturated rings. The van der Waals surface area contributed by atoms with Gasteiger partial charge in [-0.2, -0.15) is 18.4 Å². The summed E-state index contributed by atoms with van der Waals surface area (Å²) in [5.41, 5.74) is 0.134. The summed E-state index contributed by atoms with van der Waals surface area (Å²) >= 11 is 0. The van der Waals surface area contributed by atoms with Crippen LogP contribution in [0.3, 0.4) is 0 Å². The van der Waals surface area contributed by atoms with Crippen LogP contribution in [0.2, 0.25) is 5.04 Å². The van der Waals surface area contributed by atoms with Crippen LogP contribution in [-0.4, -0.2) is 52.0 Å². The normalized spacial score (nSPS) is 20.9. The molecule has 3 aromatic heterocycles. The van der Waals surface area contributed by atoms with Crippen LogP contribution in [0.4, 0.5) is 13.2 Å². The van der Waals surface area contributed by atoms with E-state index in [1.807, 2.05) is 11.6 Å². The van der Waals surface area contributed by atoms with Crippen molar-refractivity contribution in [2.75, 3.05) is 13.1 Å². The highest BCUT2D eigenvalue weighted by atomic mass is 28.1. The van der Waals surface area contributed by atoms with E-state index >= 15 is 0 Å². The minimum atomic E-state index is -4.66. The summed E-state index contributed by atoms with van der Waals surface area (Å²) < 4.78 is 47.2. The van der Waals surface area contributed by atoms with Crippen LogP contribution in [0.5, 0.6) is 0 Å². The molecular weight excluding hydrogens is 559 g/mol. The summed E-state index contributed by atoms with van der Waals surface area (Å²) in [7, 11) is 5.64. The Morgan fingerprint density at radius 2 is 1.98 bits per heavy atom. The zero-order valence-corrected chi connectivity index (χ0v) is 24.5. The molecule has 217 valence electrons. The number of piperidine rings is 1. The van der Waals surface area contributed by atoms with Gasteiger partial charge < -0.3 is 4.57 Å². The van der Waals surface area contributed by atoms with Crippen molar-refractivity contribution in [1.29, 1.82) is 5.26 Å². The Bertz CT molecular complexity index is 1740. The van der Waals surface area contributed by atoms with E-state index in [1.165, 1.54) is 23.0 Å². The molecule has 4 heterocycles. The summed E-state index contributed by atoms with van der Waals surface area (Å²) in [6, 6.07) is 8.42. The van der Waals surface area contributed by atoms with E-state index in [1.54, 1.807) is 18.5 Å². The third kappa shape index (κ3) is 5.31. The number of nitrogens with zero attached hydrogens (tertiary/aromatic N) is 7. The van der Waals surface area contributed by atoms with Crippen LogP contribution < -0.4 is 5.69 Å². The lowest BCUT2D eigenvalue weighted by molar-refractivity contribution is -0.136. The molecule has 2 aliphatic rings. The molecule has 0 N–H and O–H groups in total. The van der Waals surface area contributed by atoms with Gasteiger partial charge in [0, 0.05) is 48.7 Å². The van der Waals surface area contributed by atoms with Gasteiger partial charge in [-0.25, -0.2) is 4.79 Å². The first kappa shape index (κ1) is 28.4. The number of nitriles is 1. The Hall–Kier alpha value is -3.69. The van der Waals surface area contributed by atoms with Gasteiger partial charge in [-0.3, -0.25) is 13.9 Å².